The molecule has 1 aromatic rings. The number of amides is 2. The average Bonchev–Trinajstić information content (AvgIpc) is 2.88. The molecule has 142 valence electrons. The van der Waals surface area contributed by atoms with Crippen molar-refractivity contribution < 1.29 is 29.4 Å². The van der Waals surface area contributed by atoms with Crippen LogP contribution in [0.25, 0.3) is 0 Å². The van der Waals surface area contributed by atoms with Crippen LogP contribution in [0.5, 0.6) is 0 Å². The summed E-state index contributed by atoms with van der Waals surface area (Å²) in [4.78, 5) is 45.2. The molecule has 7 heteroatoms. The first-order valence-corrected chi connectivity index (χ1v) is 9.10. The van der Waals surface area contributed by atoms with Crippen LogP contribution in [0.15, 0.2) is 24.3 Å². The molecule has 26 heavy (non-hydrogen) atoms. The topological polar surface area (TPSA) is 93.1 Å². The van der Waals surface area contributed by atoms with Gasteiger partial charge in [-0.3, -0.25) is 9.59 Å². The molecule has 1 aromatic carbocycles. The number of nitrogens with zero attached hydrogens (tertiary/aromatic N) is 1. The normalized spacial score (nSPS) is 14.6. The molecule has 7 nitrogen and oxygen atoms in total. The third kappa shape index (κ3) is 5.12. The molecule has 0 aliphatic carbocycles. The zero-order valence-corrected chi connectivity index (χ0v) is 15.0. The summed E-state index contributed by atoms with van der Waals surface area (Å²) in [5.41, 5.74) is 0.417. The van der Waals surface area contributed by atoms with Crippen molar-refractivity contribution in [3.63, 3.8) is 0 Å². The largest absolute Gasteiger partial charge is 0.479 e. The van der Waals surface area contributed by atoms with Crippen molar-refractivity contribution >= 4 is 17.8 Å². The lowest BCUT2D eigenvalue weighted by molar-refractivity contribution is -0.402. The first-order valence-electron chi connectivity index (χ1n) is 9.10. The molecule has 1 unspecified atom stereocenters. The lowest BCUT2D eigenvalue weighted by Crippen LogP contribution is -2.34. The van der Waals surface area contributed by atoms with Gasteiger partial charge in [-0.15, -0.1) is 5.06 Å². The Balaban J connectivity index is 1.78. The zero-order chi connectivity index (χ0) is 18.9. The van der Waals surface area contributed by atoms with Crippen LogP contribution in [0.1, 0.15) is 79.0 Å². The van der Waals surface area contributed by atoms with Gasteiger partial charge in [0, 0.05) is 0 Å². The molecule has 1 aliphatic heterocycles. The molecule has 1 N–H and O–H groups in total. The summed E-state index contributed by atoms with van der Waals surface area (Å²) in [6, 6.07) is 6.28. The fraction of sp³-hybridized carbons (Fsp3) is 0.526. The first-order chi connectivity index (χ1) is 12.6. The smallest absolute Gasteiger partial charge is 0.336 e. The number of fused-ring (bicyclic) bond motifs is 1. The summed E-state index contributed by atoms with van der Waals surface area (Å²) in [5.74, 6) is -2.51. The summed E-state index contributed by atoms with van der Waals surface area (Å²) >= 11 is 0. The highest BCUT2D eigenvalue weighted by Crippen LogP contribution is 2.23. The minimum absolute atomic E-state index is 0.208. The van der Waals surface area contributed by atoms with Crippen molar-refractivity contribution in [3.05, 3.63) is 35.4 Å². The molecule has 0 saturated heterocycles. The van der Waals surface area contributed by atoms with Crippen LogP contribution in [0.2, 0.25) is 0 Å². The van der Waals surface area contributed by atoms with Crippen molar-refractivity contribution in [3.8, 4) is 0 Å². The maximum Gasteiger partial charge on any atom is 0.336 e. The van der Waals surface area contributed by atoms with E-state index in [2.05, 4.69) is 6.92 Å². The molecule has 0 bridgehead atoms. The molecule has 2 rings (SSSR count). The molecular formula is C19H25NO6. The molecule has 1 heterocycles. The van der Waals surface area contributed by atoms with Gasteiger partial charge in [-0.2, -0.15) is 4.89 Å². The van der Waals surface area contributed by atoms with E-state index in [0.717, 1.165) is 19.3 Å². The van der Waals surface area contributed by atoms with Gasteiger partial charge in [0.15, 0.2) is 6.10 Å². The predicted molar refractivity (Wildman–Crippen MR) is 93.1 cm³/mol. The number of carboxylic acid groups (broad SMARTS) is 1. The lowest BCUT2D eigenvalue weighted by Gasteiger charge is -2.16. The minimum Gasteiger partial charge on any atom is -0.479 e. The van der Waals surface area contributed by atoms with E-state index in [1.165, 1.54) is 31.4 Å². The zero-order valence-electron chi connectivity index (χ0n) is 15.0. The summed E-state index contributed by atoms with van der Waals surface area (Å²) in [6.07, 6.45) is 6.39. The molecule has 0 radical (unpaired) electrons. The molecule has 2 amide bonds. The van der Waals surface area contributed by atoms with Crippen LogP contribution >= 0.6 is 0 Å². The summed E-state index contributed by atoms with van der Waals surface area (Å²) in [7, 11) is 0. The minimum atomic E-state index is -1.23. The van der Waals surface area contributed by atoms with Crippen molar-refractivity contribution in [2.24, 2.45) is 0 Å². The highest BCUT2D eigenvalue weighted by Gasteiger charge is 2.38. The molecule has 0 saturated carbocycles. The van der Waals surface area contributed by atoms with Crippen molar-refractivity contribution in [2.45, 2.75) is 64.4 Å². The van der Waals surface area contributed by atoms with E-state index in [4.69, 9.17) is 9.88 Å². The van der Waals surface area contributed by atoms with Gasteiger partial charge >= 0.3 is 5.97 Å². The number of hydrogen-bond acceptors (Lipinski definition) is 5. The Morgan fingerprint density at radius 1 is 1.00 bits per heavy atom. The molecule has 1 aliphatic rings. The Morgan fingerprint density at radius 3 is 2.08 bits per heavy atom. The SMILES string of the molecule is CCCCCCCCCC(OON1C(=O)c2ccccc2C1=O)C(=O)O. The summed E-state index contributed by atoms with van der Waals surface area (Å²) < 4.78 is 0. The standard InChI is InChI=1S/C19H25NO6/c1-2-3-4-5-6-7-8-13-16(19(23)24)25-26-20-17(21)14-11-9-10-12-15(14)18(20)22/h9-12,16H,2-8,13H2,1H3,(H,23,24). The Kier molecular flexibility index (Phi) is 7.74. The molecule has 0 spiro atoms. The second kappa shape index (κ2) is 10.0. The van der Waals surface area contributed by atoms with E-state index in [9.17, 15) is 19.5 Å². The van der Waals surface area contributed by atoms with Gasteiger partial charge in [-0.05, 0) is 18.6 Å². The Labute approximate surface area is 152 Å². The van der Waals surface area contributed by atoms with Crippen LogP contribution in [0.3, 0.4) is 0 Å². The van der Waals surface area contributed by atoms with Crippen molar-refractivity contribution in [1.29, 1.82) is 0 Å². The van der Waals surface area contributed by atoms with Crippen molar-refractivity contribution in [1.82, 2.24) is 5.06 Å². The van der Waals surface area contributed by atoms with E-state index in [0.29, 0.717) is 11.5 Å². The molecule has 0 fully saturated rings. The highest BCUT2D eigenvalue weighted by atomic mass is 17.3. The molecule has 0 aromatic heterocycles. The Bertz CT molecular complexity index is 610. The van der Waals surface area contributed by atoms with E-state index in [1.807, 2.05) is 0 Å². The van der Waals surface area contributed by atoms with Crippen LogP contribution < -0.4 is 0 Å². The highest BCUT2D eigenvalue weighted by molar-refractivity contribution is 6.20. The van der Waals surface area contributed by atoms with Crippen LogP contribution in [-0.4, -0.2) is 34.1 Å². The van der Waals surface area contributed by atoms with Crippen LogP contribution in [-0.2, 0) is 14.7 Å². The van der Waals surface area contributed by atoms with Crippen molar-refractivity contribution in [2.75, 3.05) is 0 Å². The maximum absolute atomic E-state index is 12.1. The van der Waals surface area contributed by atoms with Crippen LogP contribution in [0.4, 0.5) is 0 Å². The number of benzene rings is 1. The molecule has 1 atom stereocenters. The third-order valence-electron chi connectivity index (χ3n) is 4.34. The Hall–Kier alpha value is -2.25. The van der Waals surface area contributed by atoms with Gasteiger partial charge in [0.25, 0.3) is 11.8 Å². The van der Waals surface area contributed by atoms with E-state index < -0.39 is 23.9 Å². The number of imide groups is 1. The van der Waals surface area contributed by atoms with Gasteiger partial charge in [0.05, 0.1) is 11.1 Å². The van der Waals surface area contributed by atoms with E-state index >= 15 is 0 Å². The van der Waals surface area contributed by atoms with Gasteiger partial charge in [0.2, 0.25) is 0 Å². The lowest BCUT2D eigenvalue weighted by atomic mass is 10.1. The third-order valence-corrected chi connectivity index (χ3v) is 4.34. The average molecular weight is 363 g/mol. The predicted octanol–water partition coefficient (Wildman–Crippen LogP) is 3.74. The second-order valence-electron chi connectivity index (χ2n) is 6.36. The van der Waals surface area contributed by atoms with Gasteiger partial charge in [0.1, 0.15) is 0 Å². The van der Waals surface area contributed by atoms with E-state index in [1.54, 1.807) is 12.1 Å². The number of carbonyl (C=O) groups is 3. The Morgan fingerprint density at radius 2 is 1.54 bits per heavy atom. The van der Waals surface area contributed by atoms with E-state index in [-0.39, 0.29) is 17.5 Å². The quantitative estimate of drug-likeness (QED) is 0.263. The summed E-state index contributed by atoms with van der Waals surface area (Å²) in [6.45, 7) is 2.16. The number of carbonyl (C=O) groups excluding carboxylic acids is 2. The number of unbranched alkanes of at least 4 members (excludes halogenated alkanes) is 6. The number of hydrogen-bond donors (Lipinski definition) is 1. The van der Waals surface area contributed by atoms with Gasteiger partial charge in [-0.1, -0.05) is 69.0 Å². The fourth-order valence-corrected chi connectivity index (χ4v) is 2.83. The maximum atomic E-state index is 12.1. The molecular weight excluding hydrogens is 338 g/mol. The van der Waals surface area contributed by atoms with Crippen LogP contribution in [0, 0.1) is 0 Å². The van der Waals surface area contributed by atoms with Gasteiger partial charge < -0.3 is 5.11 Å². The number of hydroxylamine groups is 2. The summed E-state index contributed by atoms with van der Waals surface area (Å²) in [5, 5.41) is 9.70. The number of rotatable bonds is 12. The van der Waals surface area contributed by atoms with Gasteiger partial charge in [-0.25, -0.2) is 4.79 Å². The fourth-order valence-electron chi connectivity index (χ4n) is 2.83. The number of carboxylic acids is 1. The monoisotopic (exact) mass is 363 g/mol. The first kappa shape index (κ1) is 20.1. The second-order valence-corrected chi connectivity index (χ2v) is 6.36. The number of aliphatic carboxylic acids is 1.